The molecule has 1 aromatic heterocycles. The van der Waals surface area contributed by atoms with E-state index in [0.717, 1.165) is 11.4 Å². The van der Waals surface area contributed by atoms with Gasteiger partial charge in [-0.3, -0.25) is 4.79 Å². The molecule has 0 unspecified atom stereocenters. The van der Waals surface area contributed by atoms with Gasteiger partial charge in [-0.1, -0.05) is 26.0 Å². The van der Waals surface area contributed by atoms with E-state index in [2.05, 4.69) is 34.0 Å². The number of aromatic nitrogens is 2. The molecule has 0 radical (unpaired) electrons. The summed E-state index contributed by atoms with van der Waals surface area (Å²) in [5, 5.41) is 3.03. The zero-order valence-electron chi connectivity index (χ0n) is 16.0. The molecule has 2 aromatic rings. The number of amides is 1. The molecule has 1 amide bonds. The van der Waals surface area contributed by atoms with E-state index in [-0.39, 0.29) is 23.7 Å². The van der Waals surface area contributed by atoms with Gasteiger partial charge in [0, 0.05) is 39.3 Å². The van der Waals surface area contributed by atoms with E-state index in [1.54, 1.807) is 18.3 Å². The van der Waals surface area contributed by atoms with Crippen LogP contribution in [0.2, 0.25) is 0 Å². The lowest BCUT2D eigenvalue weighted by Gasteiger charge is -2.34. The van der Waals surface area contributed by atoms with E-state index in [9.17, 15) is 9.18 Å². The van der Waals surface area contributed by atoms with Gasteiger partial charge in [-0.05, 0) is 29.7 Å². The molecule has 144 valence electrons. The zero-order valence-corrected chi connectivity index (χ0v) is 16.0. The number of anilines is 2. The summed E-state index contributed by atoms with van der Waals surface area (Å²) in [4.78, 5) is 25.8. The Bertz CT molecular complexity index is 780. The summed E-state index contributed by atoms with van der Waals surface area (Å²) in [5.41, 5.74) is 0.928. The van der Waals surface area contributed by atoms with Gasteiger partial charge in [-0.25, -0.2) is 9.37 Å². The number of hydrogen-bond donors (Lipinski definition) is 1. The third kappa shape index (κ3) is 4.53. The number of carbonyl (C=O) groups excluding carboxylic acids is 1. The summed E-state index contributed by atoms with van der Waals surface area (Å²) in [5.74, 6) is 1.48. The van der Waals surface area contributed by atoms with Gasteiger partial charge in [-0.15, -0.1) is 0 Å². The molecule has 1 aliphatic heterocycles. The lowest BCUT2D eigenvalue weighted by atomic mass is 10.0. The fraction of sp³-hybridized carbons (Fsp3) is 0.450. The van der Waals surface area contributed by atoms with Crippen molar-refractivity contribution in [3.05, 3.63) is 47.9 Å². The lowest BCUT2D eigenvalue weighted by molar-refractivity contribution is -0.134. The van der Waals surface area contributed by atoms with E-state index in [0.29, 0.717) is 32.0 Å². The van der Waals surface area contributed by atoms with Gasteiger partial charge in [0.05, 0.1) is 6.04 Å². The number of nitrogens with one attached hydrogen (secondary N) is 1. The van der Waals surface area contributed by atoms with Crippen molar-refractivity contribution in [3.63, 3.8) is 0 Å². The lowest BCUT2D eigenvalue weighted by Crippen LogP contribution is -2.46. The normalized spacial score (nSPS) is 18.0. The van der Waals surface area contributed by atoms with Crippen LogP contribution in [-0.4, -0.2) is 47.0 Å². The van der Waals surface area contributed by atoms with Gasteiger partial charge >= 0.3 is 0 Å². The summed E-state index contributed by atoms with van der Waals surface area (Å²) in [7, 11) is 1.82. The number of hydrogen-bond acceptors (Lipinski definition) is 5. The summed E-state index contributed by atoms with van der Waals surface area (Å²) in [6, 6.07) is 8.18. The van der Waals surface area contributed by atoms with Crippen LogP contribution in [0.5, 0.6) is 0 Å². The Morgan fingerprint density at radius 2 is 2.00 bits per heavy atom. The zero-order chi connectivity index (χ0) is 19.4. The van der Waals surface area contributed by atoms with Crippen LogP contribution in [0, 0.1) is 11.7 Å². The maximum absolute atomic E-state index is 13.2. The number of halogens is 1. The van der Waals surface area contributed by atoms with Crippen molar-refractivity contribution in [2.24, 2.45) is 5.92 Å². The third-order valence-electron chi connectivity index (χ3n) is 4.94. The second kappa shape index (κ2) is 8.33. The van der Waals surface area contributed by atoms with Crippen LogP contribution in [0.4, 0.5) is 16.2 Å². The highest BCUT2D eigenvalue weighted by molar-refractivity contribution is 5.78. The molecule has 1 aromatic carbocycles. The van der Waals surface area contributed by atoms with Crippen LogP contribution in [0.3, 0.4) is 0 Å². The minimum atomic E-state index is -0.269. The van der Waals surface area contributed by atoms with Crippen molar-refractivity contribution >= 4 is 17.7 Å². The quantitative estimate of drug-likeness (QED) is 0.876. The molecule has 27 heavy (non-hydrogen) atoms. The molecule has 0 spiro atoms. The molecule has 0 bridgehead atoms. The predicted octanol–water partition coefficient (Wildman–Crippen LogP) is 2.92. The minimum absolute atomic E-state index is 0.0203. The molecule has 0 saturated carbocycles. The van der Waals surface area contributed by atoms with Crippen molar-refractivity contribution in [2.75, 3.05) is 30.4 Å². The first-order valence-electron chi connectivity index (χ1n) is 9.27. The Morgan fingerprint density at radius 1 is 1.26 bits per heavy atom. The summed E-state index contributed by atoms with van der Waals surface area (Å²) < 4.78 is 13.2. The van der Waals surface area contributed by atoms with Crippen molar-refractivity contribution in [3.8, 4) is 0 Å². The maximum Gasteiger partial charge on any atom is 0.227 e. The first-order chi connectivity index (χ1) is 13.0. The maximum atomic E-state index is 13.2. The molecule has 6 nitrogen and oxygen atoms in total. The monoisotopic (exact) mass is 371 g/mol. The van der Waals surface area contributed by atoms with Gasteiger partial charge in [0.25, 0.3) is 0 Å². The van der Waals surface area contributed by atoms with Crippen molar-refractivity contribution < 1.29 is 9.18 Å². The molecule has 1 fully saturated rings. The molecule has 1 saturated heterocycles. The van der Waals surface area contributed by atoms with E-state index in [4.69, 9.17) is 0 Å². The molecule has 2 heterocycles. The Morgan fingerprint density at radius 3 is 2.67 bits per heavy atom. The van der Waals surface area contributed by atoms with Crippen LogP contribution >= 0.6 is 0 Å². The highest BCUT2D eigenvalue weighted by atomic mass is 19.1. The number of benzene rings is 1. The molecule has 1 aliphatic rings. The number of rotatable bonds is 5. The first-order valence-corrected chi connectivity index (χ1v) is 9.27. The highest BCUT2D eigenvalue weighted by Gasteiger charge is 2.32. The average molecular weight is 371 g/mol. The fourth-order valence-corrected chi connectivity index (χ4v) is 3.36. The smallest absolute Gasteiger partial charge is 0.227 e. The minimum Gasteiger partial charge on any atom is -0.373 e. The van der Waals surface area contributed by atoms with E-state index in [1.807, 2.05) is 18.0 Å². The van der Waals surface area contributed by atoms with Gasteiger partial charge in [0.15, 0.2) is 0 Å². The van der Waals surface area contributed by atoms with E-state index >= 15 is 0 Å². The second-order valence-corrected chi connectivity index (χ2v) is 7.15. The fourth-order valence-electron chi connectivity index (χ4n) is 3.36. The van der Waals surface area contributed by atoms with Crippen LogP contribution in [0.25, 0.3) is 0 Å². The Kier molecular flexibility index (Phi) is 5.88. The SMILES string of the molecule is CNc1ccnc(N2CCC(=O)N(Cc3ccc(F)cc3)[C@H](C(C)C)C2)n1. The Balaban J connectivity index is 1.84. The summed E-state index contributed by atoms with van der Waals surface area (Å²) in [6.07, 6.45) is 2.12. The van der Waals surface area contributed by atoms with Crippen LogP contribution in [0.15, 0.2) is 36.5 Å². The Labute approximate surface area is 159 Å². The van der Waals surface area contributed by atoms with Gasteiger partial charge in [0.2, 0.25) is 11.9 Å². The molecular formula is C20H26FN5O. The van der Waals surface area contributed by atoms with E-state index in [1.165, 1.54) is 12.1 Å². The average Bonchev–Trinajstić information content (AvgIpc) is 2.83. The van der Waals surface area contributed by atoms with Gasteiger partial charge in [0.1, 0.15) is 11.6 Å². The standard InChI is InChI=1S/C20H26FN5O/c1-14(2)17-13-25(20-23-10-8-18(22-3)24-20)11-9-19(27)26(17)12-15-4-6-16(21)7-5-15/h4-8,10,14,17H,9,11-13H2,1-3H3,(H,22,23,24)/t17-/m0/s1. The molecular weight excluding hydrogens is 345 g/mol. The molecule has 0 aliphatic carbocycles. The van der Waals surface area contributed by atoms with Crippen LogP contribution < -0.4 is 10.2 Å². The molecule has 1 N–H and O–H groups in total. The summed E-state index contributed by atoms with van der Waals surface area (Å²) >= 11 is 0. The second-order valence-electron chi connectivity index (χ2n) is 7.15. The van der Waals surface area contributed by atoms with Crippen LogP contribution in [-0.2, 0) is 11.3 Å². The number of carbonyl (C=O) groups is 1. The third-order valence-corrected chi connectivity index (χ3v) is 4.94. The number of nitrogens with zero attached hydrogens (tertiary/aromatic N) is 4. The van der Waals surface area contributed by atoms with Crippen LogP contribution in [0.1, 0.15) is 25.8 Å². The topological polar surface area (TPSA) is 61.4 Å². The first kappa shape index (κ1) is 19.1. The predicted molar refractivity (Wildman–Crippen MR) is 104 cm³/mol. The molecule has 7 heteroatoms. The molecule has 1 atom stereocenters. The van der Waals surface area contributed by atoms with Crippen molar-refractivity contribution in [1.29, 1.82) is 0 Å². The van der Waals surface area contributed by atoms with Gasteiger partial charge < -0.3 is 15.1 Å². The van der Waals surface area contributed by atoms with E-state index < -0.39 is 0 Å². The largest absolute Gasteiger partial charge is 0.373 e. The Hall–Kier alpha value is -2.70. The van der Waals surface area contributed by atoms with Crippen molar-refractivity contribution in [1.82, 2.24) is 14.9 Å². The van der Waals surface area contributed by atoms with Gasteiger partial charge in [-0.2, -0.15) is 4.98 Å². The van der Waals surface area contributed by atoms with Crippen molar-refractivity contribution in [2.45, 2.75) is 32.9 Å². The molecule has 3 rings (SSSR count). The summed E-state index contributed by atoms with van der Waals surface area (Å²) in [6.45, 7) is 5.95. The highest BCUT2D eigenvalue weighted by Crippen LogP contribution is 2.23.